The summed E-state index contributed by atoms with van der Waals surface area (Å²) in [6.45, 7) is 14.9. The first-order valence-electron chi connectivity index (χ1n) is 8.53. The van der Waals surface area contributed by atoms with Crippen LogP contribution in [0.25, 0.3) is 0 Å². The van der Waals surface area contributed by atoms with E-state index in [1.165, 1.54) is 30.6 Å². The molecule has 118 valence electrons. The molecule has 0 aromatic heterocycles. The Bertz CT molecular complexity index is 453. The Morgan fingerprint density at radius 2 is 1.95 bits per heavy atom. The molecule has 1 aliphatic rings. The van der Waals surface area contributed by atoms with Crippen molar-refractivity contribution in [3.63, 3.8) is 0 Å². The molecule has 1 fully saturated rings. The molecule has 2 heteroatoms. The fourth-order valence-corrected chi connectivity index (χ4v) is 3.98. The predicted molar refractivity (Wildman–Crippen MR) is 93.0 cm³/mol. The Kier molecular flexibility index (Phi) is 5.32. The van der Waals surface area contributed by atoms with Crippen LogP contribution < -0.4 is 10.2 Å². The van der Waals surface area contributed by atoms with Crippen molar-refractivity contribution in [2.75, 3.05) is 24.5 Å². The molecular formula is C19H32N2. The fraction of sp³-hybridized carbons (Fsp3) is 0.684. The molecule has 0 heterocycles. The predicted octanol–water partition coefficient (Wildman–Crippen LogP) is 4.24. The van der Waals surface area contributed by atoms with Gasteiger partial charge in [-0.1, -0.05) is 39.0 Å². The zero-order chi connectivity index (χ0) is 15.5. The first kappa shape index (κ1) is 16.4. The second-order valence-electron chi connectivity index (χ2n) is 7.15. The molecular weight excluding hydrogens is 256 g/mol. The van der Waals surface area contributed by atoms with Crippen molar-refractivity contribution in [2.45, 2.75) is 53.5 Å². The molecule has 0 aliphatic heterocycles. The van der Waals surface area contributed by atoms with Gasteiger partial charge in [-0.15, -0.1) is 0 Å². The quantitative estimate of drug-likeness (QED) is 0.842. The standard InChI is InChI=1S/C19H32N2/c1-6-20-18-16(12-13-19(18,4)5)14-21(7-2)17-11-9-8-10-15(17)3/h8-11,16,18,20H,6-7,12-14H2,1-5H3. The molecule has 0 radical (unpaired) electrons. The lowest BCUT2D eigenvalue weighted by molar-refractivity contribution is 0.253. The summed E-state index contributed by atoms with van der Waals surface area (Å²) in [5.41, 5.74) is 3.21. The van der Waals surface area contributed by atoms with Crippen LogP contribution in [0.4, 0.5) is 5.69 Å². The van der Waals surface area contributed by atoms with Gasteiger partial charge in [-0.2, -0.15) is 0 Å². The van der Waals surface area contributed by atoms with Crippen molar-refractivity contribution >= 4 is 5.69 Å². The molecule has 2 unspecified atom stereocenters. The molecule has 1 saturated carbocycles. The van der Waals surface area contributed by atoms with Gasteiger partial charge in [-0.25, -0.2) is 0 Å². The van der Waals surface area contributed by atoms with E-state index in [-0.39, 0.29) is 0 Å². The summed E-state index contributed by atoms with van der Waals surface area (Å²) >= 11 is 0. The first-order chi connectivity index (χ1) is 9.99. The molecule has 1 aliphatic carbocycles. The van der Waals surface area contributed by atoms with Crippen molar-refractivity contribution in [1.82, 2.24) is 5.32 Å². The molecule has 21 heavy (non-hydrogen) atoms. The number of anilines is 1. The number of para-hydroxylation sites is 1. The van der Waals surface area contributed by atoms with Crippen LogP contribution in [0.3, 0.4) is 0 Å². The van der Waals surface area contributed by atoms with Crippen molar-refractivity contribution in [3.8, 4) is 0 Å². The molecule has 1 N–H and O–H groups in total. The third-order valence-electron chi connectivity index (χ3n) is 5.19. The maximum absolute atomic E-state index is 3.75. The zero-order valence-electron chi connectivity index (χ0n) is 14.4. The Morgan fingerprint density at radius 3 is 2.57 bits per heavy atom. The summed E-state index contributed by atoms with van der Waals surface area (Å²) in [4.78, 5) is 2.56. The molecule has 0 spiro atoms. The molecule has 1 aromatic rings. The highest BCUT2D eigenvalue weighted by Crippen LogP contribution is 2.42. The van der Waals surface area contributed by atoms with Gasteiger partial charge in [0.05, 0.1) is 0 Å². The summed E-state index contributed by atoms with van der Waals surface area (Å²) in [6, 6.07) is 9.41. The van der Waals surface area contributed by atoms with E-state index in [1.54, 1.807) is 0 Å². The Morgan fingerprint density at radius 1 is 1.24 bits per heavy atom. The van der Waals surface area contributed by atoms with Crippen LogP contribution in [0.5, 0.6) is 0 Å². The van der Waals surface area contributed by atoms with E-state index in [1.807, 2.05) is 0 Å². The van der Waals surface area contributed by atoms with E-state index in [0.29, 0.717) is 11.5 Å². The normalized spacial score (nSPS) is 24.2. The molecule has 0 amide bonds. The lowest BCUT2D eigenvalue weighted by atomic mass is 9.84. The van der Waals surface area contributed by atoms with E-state index in [2.05, 4.69) is 69.1 Å². The Labute approximate surface area is 130 Å². The van der Waals surface area contributed by atoms with Gasteiger partial charge in [0.1, 0.15) is 0 Å². The first-order valence-corrected chi connectivity index (χ1v) is 8.53. The average molecular weight is 288 g/mol. The van der Waals surface area contributed by atoms with Crippen molar-refractivity contribution in [2.24, 2.45) is 11.3 Å². The minimum absolute atomic E-state index is 0.422. The van der Waals surface area contributed by atoms with Gasteiger partial charge in [0.25, 0.3) is 0 Å². The van der Waals surface area contributed by atoms with E-state index in [9.17, 15) is 0 Å². The topological polar surface area (TPSA) is 15.3 Å². The van der Waals surface area contributed by atoms with Gasteiger partial charge in [0.2, 0.25) is 0 Å². The van der Waals surface area contributed by atoms with Crippen LogP contribution in [0.15, 0.2) is 24.3 Å². The minimum Gasteiger partial charge on any atom is -0.371 e. The van der Waals surface area contributed by atoms with Gasteiger partial charge >= 0.3 is 0 Å². The second-order valence-corrected chi connectivity index (χ2v) is 7.15. The van der Waals surface area contributed by atoms with Crippen LogP contribution in [-0.4, -0.2) is 25.7 Å². The highest BCUT2D eigenvalue weighted by Gasteiger charge is 2.41. The second kappa shape index (κ2) is 6.83. The van der Waals surface area contributed by atoms with Crippen LogP contribution in [0.2, 0.25) is 0 Å². The van der Waals surface area contributed by atoms with Crippen LogP contribution in [-0.2, 0) is 0 Å². The molecule has 2 nitrogen and oxygen atoms in total. The molecule has 2 rings (SSSR count). The number of hydrogen-bond acceptors (Lipinski definition) is 2. The summed E-state index contributed by atoms with van der Waals surface area (Å²) < 4.78 is 0. The number of nitrogens with zero attached hydrogens (tertiary/aromatic N) is 1. The molecule has 1 aromatic carbocycles. The molecule has 0 bridgehead atoms. The number of hydrogen-bond donors (Lipinski definition) is 1. The number of aryl methyl sites for hydroxylation is 1. The average Bonchev–Trinajstić information content (AvgIpc) is 2.73. The van der Waals surface area contributed by atoms with Crippen LogP contribution in [0, 0.1) is 18.3 Å². The van der Waals surface area contributed by atoms with Gasteiger partial charge in [-0.3, -0.25) is 0 Å². The summed E-state index contributed by atoms with van der Waals surface area (Å²) in [5.74, 6) is 0.750. The maximum atomic E-state index is 3.75. The summed E-state index contributed by atoms with van der Waals surface area (Å²) in [7, 11) is 0. The third kappa shape index (κ3) is 3.60. The fourth-order valence-electron chi connectivity index (χ4n) is 3.98. The zero-order valence-corrected chi connectivity index (χ0v) is 14.4. The Hall–Kier alpha value is -1.02. The van der Waals surface area contributed by atoms with Crippen molar-refractivity contribution < 1.29 is 0 Å². The largest absolute Gasteiger partial charge is 0.371 e. The molecule has 0 saturated heterocycles. The van der Waals surface area contributed by atoms with Gasteiger partial charge in [0, 0.05) is 24.8 Å². The highest BCUT2D eigenvalue weighted by atomic mass is 15.1. The van der Waals surface area contributed by atoms with E-state index in [4.69, 9.17) is 0 Å². The van der Waals surface area contributed by atoms with Gasteiger partial charge in [-0.05, 0) is 56.2 Å². The summed E-state index contributed by atoms with van der Waals surface area (Å²) in [6.07, 6.45) is 2.67. The maximum Gasteiger partial charge on any atom is 0.0395 e. The number of rotatable bonds is 6. The number of benzene rings is 1. The summed E-state index contributed by atoms with van der Waals surface area (Å²) in [5, 5.41) is 3.75. The highest BCUT2D eigenvalue weighted by molar-refractivity contribution is 5.52. The molecule has 2 atom stereocenters. The van der Waals surface area contributed by atoms with Gasteiger partial charge < -0.3 is 10.2 Å². The SMILES string of the molecule is CCNC1C(CN(CC)c2ccccc2C)CCC1(C)C. The third-order valence-corrected chi connectivity index (χ3v) is 5.19. The smallest absolute Gasteiger partial charge is 0.0395 e. The minimum atomic E-state index is 0.422. The lowest BCUT2D eigenvalue weighted by Crippen LogP contribution is -2.45. The van der Waals surface area contributed by atoms with Crippen LogP contribution >= 0.6 is 0 Å². The van der Waals surface area contributed by atoms with Crippen molar-refractivity contribution in [3.05, 3.63) is 29.8 Å². The van der Waals surface area contributed by atoms with Crippen LogP contribution in [0.1, 0.15) is 46.1 Å². The van der Waals surface area contributed by atoms with Crippen molar-refractivity contribution in [1.29, 1.82) is 0 Å². The van der Waals surface area contributed by atoms with E-state index >= 15 is 0 Å². The lowest BCUT2D eigenvalue weighted by Gasteiger charge is -2.35. The van der Waals surface area contributed by atoms with E-state index < -0.39 is 0 Å². The van der Waals surface area contributed by atoms with E-state index in [0.717, 1.165) is 19.0 Å². The Balaban J connectivity index is 2.13. The van der Waals surface area contributed by atoms with Gasteiger partial charge in [0.15, 0.2) is 0 Å². The monoisotopic (exact) mass is 288 g/mol. The number of nitrogens with one attached hydrogen (secondary N) is 1.